The molecule has 12 heavy (non-hydrogen) atoms. The van der Waals surface area contributed by atoms with Crippen molar-refractivity contribution < 1.29 is 14.7 Å². The van der Waals surface area contributed by atoms with Crippen LogP contribution in [-0.2, 0) is 9.59 Å². The normalized spacial score (nSPS) is 12.5. The Morgan fingerprint density at radius 1 is 1.50 bits per heavy atom. The molecule has 70 valence electrons. The zero-order valence-electron chi connectivity index (χ0n) is 7.25. The second-order valence-corrected chi connectivity index (χ2v) is 2.68. The van der Waals surface area contributed by atoms with Crippen LogP contribution < -0.4 is 5.73 Å². The summed E-state index contributed by atoms with van der Waals surface area (Å²) in [4.78, 5) is 21.7. The third-order valence-electron chi connectivity index (χ3n) is 1.64. The quantitative estimate of drug-likeness (QED) is 0.570. The number of ketones is 1. The molecule has 0 rings (SSSR count). The Kier molecular flexibility index (Phi) is 5.28. The van der Waals surface area contributed by atoms with E-state index in [0.29, 0.717) is 12.8 Å². The molecule has 0 saturated heterocycles. The van der Waals surface area contributed by atoms with Crippen LogP contribution in [0.1, 0.15) is 26.2 Å². The van der Waals surface area contributed by atoms with Gasteiger partial charge in [0.05, 0.1) is 0 Å². The van der Waals surface area contributed by atoms with E-state index in [9.17, 15) is 9.59 Å². The molecule has 0 fully saturated rings. The number of carbonyl (C=O) groups excluding carboxylic acids is 1. The van der Waals surface area contributed by atoms with Crippen LogP contribution in [0.4, 0.5) is 0 Å². The van der Waals surface area contributed by atoms with E-state index in [1.807, 2.05) is 6.92 Å². The maximum atomic E-state index is 11.1. The van der Waals surface area contributed by atoms with Crippen LogP contribution in [0.2, 0.25) is 0 Å². The van der Waals surface area contributed by atoms with Crippen molar-refractivity contribution >= 4 is 11.8 Å². The van der Waals surface area contributed by atoms with Gasteiger partial charge in [0, 0.05) is 6.42 Å². The van der Waals surface area contributed by atoms with E-state index in [4.69, 9.17) is 10.8 Å². The van der Waals surface area contributed by atoms with Crippen LogP contribution >= 0.6 is 0 Å². The molecule has 0 amide bonds. The summed E-state index contributed by atoms with van der Waals surface area (Å²) in [5, 5.41) is 8.63. The highest BCUT2D eigenvalue weighted by Gasteiger charge is 2.23. The maximum Gasteiger partial charge on any atom is 0.314 e. The van der Waals surface area contributed by atoms with Crippen LogP contribution in [0.25, 0.3) is 0 Å². The lowest BCUT2D eigenvalue weighted by Gasteiger charge is -2.08. The molecule has 0 aliphatic heterocycles. The molecule has 0 aromatic rings. The Labute approximate surface area is 71.8 Å². The van der Waals surface area contributed by atoms with E-state index in [1.165, 1.54) is 0 Å². The number of rotatable bonds is 6. The molecule has 0 aliphatic rings. The van der Waals surface area contributed by atoms with Gasteiger partial charge in [-0.15, -0.1) is 0 Å². The number of aliphatic carboxylic acids is 1. The first-order valence-electron chi connectivity index (χ1n) is 4.09. The molecule has 4 nitrogen and oxygen atoms in total. The number of nitrogens with two attached hydrogens (primary N) is 1. The van der Waals surface area contributed by atoms with Gasteiger partial charge in [0.15, 0.2) is 0 Å². The molecule has 0 heterocycles. The van der Waals surface area contributed by atoms with Gasteiger partial charge in [0.25, 0.3) is 0 Å². The Morgan fingerprint density at radius 2 is 2.08 bits per heavy atom. The van der Waals surface area contributed by atoms with E-state index in [-0.39, 0.29) is 18.7 Å². The van der Waals surface area contributed by atoms with Crippen LogP contribution in [0, 0.1) is 5.92 Å². The van der Waals surface area contributed by atoms with Crippen molar-refractivity contribution in [3.63, 3.8) is 0 Å². The van der Waals surface area contributed by atoms with E-state index < -0.39 is 11.9 Å². The molecule has 0 aliphatic carbocycles. The first kappa shape index (κ1) is 11.1. The molecule has 0 bridgehead atoms. The number of carboxylic acid groups (broad SMARTS) is 1. The lowest BCUT2D eigenvalue weighted by atomic mass is 9.97. The summed E-state index contributed by atoms with van der Waals surface area (Å²) in [5.41, 5.74) is 5.19. The van der Waals surface area contributed by atoms with Crippen molar-refractivity contribution in [2.45, 2.75) is 26.2 Å². The van der Waals surface area contributed by atoms with Gasteiger partial charge in [-0.3, -0.25) is 9.59 Å². The maximum absolute atomic E-state index is 11.1. The first-order chi connectivity index (χ1) is 5.63. The molecule has 0 radical (unpaired) electrons. The zero-order chi connectivity index (χ0) is 9.56. The number of hydrogen-bond donors (Lipinski definition) is 2. The average molecular weight is 173 g/mol. The van der Waals surface area contributed by atoms with Crippen molar-refractivity contribution in [1.29, 1.82) is 0 Å². The molecule has 0 aromatic carbocycles. The Morgan fingerprint density at radius 3 is 2.42 bits per heavy atom. The van der Waals surface area contributed by atoms with Crippen molar-refractivity contribution in [3.8, 4) is 0 Å². The minimum absolute atomic E-state index is 0.213. The van der Waals surface area contributed by atoms with E-state index in [0.717, 1.165) is 0 Å². The predicted molar refractivity (Wildman–Crippen MR) is 44.7 cm³/mol. The number of carbonyl (C=O) groups is 2. The summed E-state index contributed by atoms with van der Waals surface area (Å²) in [6, 6.07) is 0. The van der Waals surface area contributed by atoms with Gasteiger partial charge in [-0.05, 0) is 19.4 Å². The van der Waals surface area contributed by atoms with Gasteiger partial charge in [-0.25, -0.2) is 0 Å². The number of Topliss-reactive ketones (excluding diaryl/α,β-unsaturated/α-hetero) is 1. The summed E-state index contributed by atoms with van der Waals surface area (Å²) < 4.78 is 0. The van der Waals surface area contributed by atoms with Crippen LogP contribution in [-0.4, -0.2) is 23.4 Å². The third kappa shape index (κ3) is 3.48. The highest BCUT2D eigenvalue weighted by atomic mass is 16.4. The van der Waals surface area contributed by atoms with Crippen molar-refractivity contribution in [1.82, 2.24) is 0 Å². The van der Waals surface area contributed by atoms with Crippen LogP contribution in [0.15, 0.2) is 0 Å². The van der Waals surface area contributed by atoms with E-state index in [2.05, 4.69) is 0 Å². The van der Waals surface area contributed by atoms with Gasteiger partial charge in [-0.2, -0.15) is 0 Å². The summed E-state index contributed by atoms with van der Waals surface area (Å²) >= 11 is 0. The molecule has 0 aromatic heterocycles. The standard InChI is InChI=1S/C8H15NO3/c1-2-3-7(10)6(4-5-9)8(11)12/h6H,2-5,9H2,1H3,(H,11,12). The van der Waals surface area contributed by atoms with E-state index >= 15 is 0 Å². The summed E-state index contributed by atoms with van der Waals surface area (Å²) in [5.74, 6) is -2.16. The molecule has 3 N–H and O–H groups in total. The van der Waals surface area contributed by atoms with Gasteiger partial charge in [0.1, 0.15) is 11.7 Å². The minimum Gasteiger partial charge on any atom is -0.481 e. The average Bonchev–Trinajstić information content (AvgIpc) is 1.99. The topological polar surface area (TPSA) is 80.4 Å². The van der Waals surface area contributed by atoms with E-state index in [1.54, 1.807) is 0 Å². The summed E-state index contributed by atoms with van der Waals surface area (Å²) in [6.45, 7) is 2.09. The molecular weight excluding hydrogens is 158 g/mol. The van der Waals surface area contributed by atoms with Gasteiger partial charge >= 0.3 is 5.97 Å². The largest absolute Gasteiger partial charge is 0.481 e. The number of hydrogen-bond acceptors (Lipinski definition) is 3. The third-order valence-corrected chi connectivity index (χ3v) is 1.64. The predicted octanol–water partition coefficient (Wildman–Crippen LogP) is 0.405. The number of carboxylic acids is 1. The minimum atomic E-state index is -1.06. The Balaban J connectivity index is 4.09. The highest BCUT2D eigenvalue weighted by molar-refractivity contribution is 5.98. The molecule has 0 saturated carbocycles. The molecule has 0 spiro atoms. The Bertz CT molecular complexity index is 168. The monoisotopic (exact) mass is 173 g/mol. The molecule has 1 atom stereocenters. The van der Waals surface area contributed by atoms with Crippen molar-refractivity contribution in [2.24, 2.45) is 11.7 Å². The fourth-order valence-corrected chi connectivity index (χ4v) is 1.01. The smallest absolute Gasteiger partial charge is 0.314 e. The van der Waals surface area contributed by atoms with Gasteiger partial charge in [-0.1, -0.05) is 6.92 Å². The Hall–Kier alpha value is -0.900. The van der Waals surface area contributed by atoms with Crippen LogP contribution in [0.3, 0.4) is 0 Å². The first-order valence-corrected chi connectivity index (χ1v) is 4.09. The fraction of sp³-hybridized carbons (Fsp3) is 0.750. The summed E-state index contributed by atoms with van der Waals surface area (Å²) in [7, 11) is 0. The van der Waals surface area contributed by atoms with Gasteiger partial charge < -0.3 is 10.8 Å². The molecular formula is C8H15NO3. The second kappa shape index (κ2) is 5.71. The van der Waals surface area contributed by atoms with Crippen molar-refractivity contribution in [2.75, 3.05) is 6.54 Å². The lowest BCUT2D eigenvalue weighted by Crippen LogP contribution is -2.26. The molecule has 4 heteroatoms. The summed E-state index contributed by atoms with van der Waals surface area (Å²) in [6.07, 6.45) is 1.26. The highest BCUT2D eigenvalue weighted by Crippen LogP contribution is 2.07. The molecule has 1 unspecified atom stereocenters. The zero-order valence-corrected chi connectivity index (χ0v) is 7.25. The SMILES string of the molecule is CCCC(=O)C(CCN)C(=O)O. The van der Waals surface area contributed by atoms with Gasteiger partial charge in [0.2, 0.25) is 0 Å². The second-order valence-electron chi connectivity index (χ2n) is 2.68. The van der Waals surface area contributed by atoms with Crippen molar-refractivity contribution in [3.05, 3.63) is 0 Å². The fourth-order valence-electron chi connectivity index (χ4n) is 1.01. The lowest BCUT2D eigenvalue weighted by molar-refractivity contribution is -0.146. The van der Waals surface area contributed by atoms with Crippen LogP contribution in [0.5, 0.6) is 0 Å².